The van der Waals surface area contributed by atoms with E-state index >= 15 is 0 Å². The molecule has 17 nitrogen and oxygen atoms in total. The van der Waals surface area contributed by atoms with Crippen LogP contribution in [0.15, 0.2) is 195 Å². The Bertz CT molecular complexity index is 4860. The lowest BCUT2D eigenvalue weighted by molar-refractivity contribution is 0.0915. The molecule has 12 aromatic rings. The van der Waals surface area contributed by atoms with Crippen molar-refractivity contribution in [2.75, 3.05) is 63.3 Å². The molecule has 5 N–H and O–H groups in total. The number of likely N-dealkylation sites (tertiary alicyclic amines) is 1. The van der Waals surface area contributed by atoms with Crippen molar-refractivity contribution in [1.29, 1.82) is 5.26 Å². The number of carbonyl (C=O) groups is 2. The van der Waals surface area contributed by atoms with Crippen molar-refractivity contribution in [1.82, 2.24) is 55.3 Å². The summed E-state index contributed by atoms with van der Waals surface area (Å²) < 4.78 is 43.6. The van der Waals surface area contributed by atoms with Gasteiger partial charge in [0.25, 0.3) is 11.8 Å². The van der Waals surface area contributed by atoms with Crippen LogP contribution in [0.1, 0.15) is 39.1 Å². The molecule has 1 aliphatic heterocycles. The van der Waals surface area contributed by atoms with Gasteiger partial charge in [-0.3, -0.25) is 19.6 Å². The van der Waals surface area contributed by atoms with Crippen molar-refractivity contribution >= 4 is 114 Å². The molecule has 0 aliphatic carbocycles. The molecule has 476 valence electrons. The minimum absolute atomic E-state index is 0.130. The highest BCUT2D eigenvalue weighted by Crippen LogP contribution is 2.37. The summed E-state index contributed by atoms with van der Waals surface area (Å²) in [6.07, 6.45) is 10.9. The first kappa shape index (κ1) is 65.8. The number of benzene rings is 6. The quantitative estimate of drug-likeness (QED) is 0.0645. The number of anilines is 6. The first-order chi connectivity index (χ1) is 46.0. The van der Waals surface area contributed by atoms with Crippen LogP contribution in [-0.2, 0) is 0 Å². The Morgan fingerprint density at radius 3 is 1.43 bits per heavy atom. The summed E-state index contributed by atoms with van der Waals surface area (Å²) in [4.78, 5) is 60.3. The Balaban J connectivity index is 0.000000146. The Kier molecular flexibility index (Phi) is 21.1. The van der Waals surface area contributed by atoms with Crippen molar-refractivity contribution in [3.63, 3.8) is 0 Å². The summed E-state index contributed by atoms with van der Waals surface area (Å²) in [5, 5.41) is 28.9. The number of aromatic nitrogens is 7. The number of rotatable bonds is 15. The van der Waals surface area contributed by atoms with Crippen LogP contribution in [0.5, 0.6) is 0 Å². The van der Waals surface area contributed by atoms with Crippen LogP contribution in [0, 0.1) is 28.8 Å². The molecule has 95 heavy (non-hydrogen) atoms. The SMILES string of the molecule is CN(C)CCNC(=O)c1cnccc1Nc1cc(-c2cc(Cl)ccc2F)nc2ccccc12.CN1CCC(NC(=O)c2cnccc2Nc2cc(-c3cc(Cl)ccc3F)nc3ccccc23)CC1.N#Cc1cncnc1Nc1cc(-c2cc(Cl)ccc2F)nc2ccccc12. The highest BCUT2D eigenvalue weighted by molar-refractivity contribution is 6.31. The van der Waals surface area contributed by atoms with E-state index in [1.807, 2.05) is 97.9 Å². The maximum atomic E-state index is 14.6. The van der Waals surface area contributed by atoms with Crippen molar-refractivity contribution in [3.05, 3.63) is 244 Å². The molecule has 0 bridgehead atoms. The van der Waals surface area contributed by atoms with Crippen molar-refractivity contribution in [2.45, 2.75) is 18.9 Å². The summed E-state index contributed by atoms with van der Waals surface area (Å²) >= 11 is 18.3. The third kappa shape index (κ3) is 16.2. The third-order valence-electron chi connectivity index (χ3n) is 15.4. The minimum atomic E-state index is -0.423. The van der Waals surface area contributed by atoms with E-state index in [1.54, 1.807) is 61.1 Å². The topological polar surface area (TPSA) is 215 Å². The van der Waals surface area contributed by atoms with Gasteiger partial charge in [0.1, 0.15) is 35.4 Å². The number of para-hydroxylation sites is 3. The minimum Gasteiger partial charge on any atom is -0.354 e. The highest BCUT2D eigenvalue weighted by atomic mass is 35.5. The molecule has 2 amide bonds. The lowest BCUT2D eigenvalue weighted by Gasteiger charge is -2.29. The van der Waals surface area contributed by atoms with Crippen LogP contribution in [0.2, 0.25) is 15.1 Å². The fourth-order valence-corrected chi connectivity index (χ4v) is 11.0. The Hall–Kier alpha value is -10.7. The average molecular weight is 1330 g/mol. The van der Waals surface area contributed by atoms with E-state index in [9.17, 15) is 28.0 Å². The van der Waals surface area contributed by atoms with E-state index in [0.29, 0.717) is 123 Å². The van der Waals surface area contributed by atoms with Gasteiger partial charge in [0.15, 0.2) is 5.82 Å². The number of pyridine rings is 5. The number of piperidine rings is 1. The molecule has 0 unspecified atom stereocenters. The van der Waals surface area contributed by atoms with Crippen LogP contribution < -0.4 is 26.6 Å². The molecule has 23 heteroatoms. The van der Waals surface area contributed by atoms with E-state index < -0.39 is 17.5 Å². The summed E-state index contributed by atoms with van der Waals surface area (Å²) in [5.41, 5.74) is 8.62. The first-order valence-electron chi connectivity index (χ1n) is 29.9. The predicted molar refractivity (Wildman–Crippen MR) is 370 cm³/mol. The molecule has 7 heterocycles. The lowest BCUT2D eigenvalue weighted by atomic mass is 10.0. The summed E-state index contributed by atoms with van der Waals surface area (Å²) in [6, 6.07) is 46.6. The number of nitrogens with one attached hydrogen (secondary N) is 5. The first-order valence-corrected chi connectivity index (χ1v) is 31.1. The molecule has 6 aromatic heterocycles. The van der Waals surface area contributed by atoms with Gasteiger partial charge in [-0.05, 0) is 150 Å². The number of carbonyl (C=O) groups excluding carboxylic acids is 2. The zero-order chi connectivity index (χ0) is 66.5. The summed E-state index contributed by atoms with van der Waals surface area (Å²) in [5.74, 6) is -1.29. The number of nitrogens with zero attached hydrogens (tertiary/aromatic N) is 10. The van der Waals surface area contributed by atoms with Gasteiger partial charge >= 0.3 is 0 Å². The Morgan fingerprint density at radius 1 is 0.558 bits per heavy atom. The maximum Gasteiger partial charge on any atom is 0.255 e. The van der Waals surface area contributed by atoms with Gasteiger partial charge in [0, 0.05) is 91.8 Å². The second kappa shape index (κ2) is 30.4. The number of nitriles is 1. The van der Waals surface area contributed by atoms with E-state index in [-0.39, 0.29) is 17.9 Å². The van der Waals surface area contributed by atoms with Gasteiger partial charge in [-0.25, -0.2) is 38.1 Å². The monoisotopic (exact) mass is 1330 g/mol. The highest BCUT2D eigenvalue weighted by Gasteiger charge is 2.23. The van der Waals surface area contributed by atoms with E-state index in [2.05, 4.69) is 73.4 Å². The lowest BCUT2D eigenvalue weighted by Crippen LogP contribution is -2.43. The molecule has 1 saturated heterocycles. The molecule has 0 radical (unpaired) electrons. The number of likely N-dealkylation sites (N-methyl/N-ethyl adjacent to an activating group) is 1. The molecule has 6 aromatic carbocycles. The van der Waals surface area contributed by atoms with E-state index in [0.717, 1.165) is 48.6 Å². The number of halogens is 6. The molecule has 13 rings (SSSR count). The average Bonchev–Trinajstić information content (AvgIpc) is 0.846. The number of fused-ring (bicyclic) bond motifs is 3. The van der Waals surface area contributed by atoms with E-state index in [4.69, 9.17) is 34.8 Å². The largest absolute Gasteiger partial charge is 0.354 e. The van der Waals surface area contributed by atoms with Crippen LogP contribution >= 0.6 is 34.8 Å². The molecule has 1 fully saturated rings. The summed E-state index contributed by atoms with van der Waals surface area (Å²) in [7, 11) is 5.97. The fraction of sp³-hybridized carbons (Fsp3) is 0.139. The number of amides is 2. The molecule has 0 atom stereocenters. The molecule has 1 aliphatic rings. The van der Waals surface area contributed by atoms with Gasteiger partial charge < -0.3 is 36.4 Å². The van der Waals surface area contributed by atoms with Gasteiger partial charge in [0.2, 0.25) is 0 Å². The zero-order valence-corrected chi connectivity index (χ0v) is 53.6. The number of hydrogen-bond acceptors (Lipinski definition) is 15. The Labute approximate surface area is 560 Å². The number of hydrogen-bond donors (Lipinski definition) is 5. The smallest absolute Gasteiger partial charge is 0.255 e. The van der Waals surface area contributed by atoms with Gasteiger partial charge in [0.05, 0.1) is 79.4 Å². The van der Waals surface area contributed by atoms with Crippen molar-refractivity contribution < 1.29 is 22.8 Å². The third-order valence-corrected chi connectivity index (χ3v) is 16.1. The van der Waals surface area contributed by atoms with Gasteiger partial charge in [-0.1, -0.05) is 89.4 Å². The maximum absolute atomic E-state index is 14.6. The van der Waals surface area contributed by atoms with Crippen LogP contribution in [0.4, 0.5) is 47.4 Å². The normalized spacial score (nSPS) is 12.3. The zero-order valence-electron chi connectivity index (χ0n) is 51.4. The molecule has 0 saturated carbocycles. The van der Waals surface area contributed by atoms with Gasteiger partial charge in [-0.15, -0.1) is 0 Å². The van der Waals surface area contributed by atoms with Crippen molar-refractivity contribution in [2.24, 2.45) is 0 Å². The molecule has 0 spiro atoms. The molecular formula is C72H59Cl3F3N15O2. The predicted octanol–water partition coefficient (Wildman–Crippen LogP) is 15.9. The second-order valence-electron chi connectivity index (χ2n) is 22.3. The van der Waals surface area contributed by atoms with Gasteiger partial charge in [-0.2, -0.15) is 5.26 Å². The molecular weight excluding hydrogens is 1270 g/mol. The standard InChI is InChI=1S/C27H25ClFN5O.C25H23ClFN5O.C20H11ClFN5/c1-34-12-9-18(10-13-34)31-27(35)21-16-30-11-8-24(21)33-25-15-26(20-14-17(28)6-7-22(20)29)32-23-5-3-2-4-19(23)25;1-32(2)12-11-29-25(33)19-15-28-10-9-22(19)31-23-14-24(18-13-16(26)7-8-20(18)27)30-21-6-4-3-5-17(21)23;21-13-5-6-16(22)15(7-13)19-8-18(14-3-1-2-4-17(14)26-19)27-20-12(9-23)10-24-11-25-20/h2-8,11,14-16,18H,9-10,12-13H2,1H3,(H,31,35)(H,30,32,33);3-10,13-15H,11-12H2,1-2H3,(H,29,33)(H,28,30,31);1-8,10-11H,(H,24,25,26,27). The summed E-state index contributed by atoms with van der Waals surface area (Å²) in [6.45, 7) is 3.14. The van der Waals surface area contributed by atoms with E-state index in [1.165, 1.54) is 61.2 Å². The second-order valence-corrected chi connectivity index (χ2v) is 23.6. The fourth-order valence-electron chi connectivity index (χ4n) is 10.5. The van der Waals surface area contributed by atoms with Crippen LogP contribution in [0.3, 0.4) is 0 Å². The van der Waals surface area contributed by atoms with Crippen LogP contribution in [-0.4, -0.2) is 110 Å². The van der Waals surface area contributed by atoms with Crippen LogP contribution in [0.25, 0.3) is 66.5 Å². The Morgan fingerprint density at radius 2 is 0.989 bits per heavy atom. The van der Waals surface area contributed by atoms with Crippen molar-refractivity contribution in [3.8, 4) is 39.8 Å².